The minimum Gasteiger partial charge on any atom is -0.490 e. The van der Waals surface area contributed by atoms with Gasteiger partial charge in [0.15, 0.2) is 11.5 Å². The third-order valence-electron chi connectivity index (χ3n) is 2.63. The summed E-state index contributed by atoms with van der Waals surface area (Å²) in [6.07, 6.45) is 0. The van der Waals surface area contributed by atoms with Crippen molar-refractivity contribution in [2.24, 2.45) is 0 Å². The summed E-state index contributed by atoms with van der Waals surface area (Å²) >= 11 is 0. The molecule has 1 N–H and O–H groups in total. The minimum absolute atomic E-state index is 0.503. The highest BCUT2D eigenvalue weighted by Gasteiger charge is 2.23. The van der Waals surface area contributed by atoms with E-state index < -0.39 is 12.0 Å². The maximum atomic E-state index is 11.3. The van der Waals surface area contributed by atoms with Crippen molar-refractivity contribution in [1.82, 2.24) is 4.90 Å². The number of hydrogen-bond acceptors (Lipinski definition) is 4. The van der Waals surface area contributed by atoms with E-state index in [-0.39, 0.29) is 0 Å². The normalized spacial score (nSPS) is 12.3. The van der Waals surface area contributed by atoms with Crippen LogP contribution in [0.5, 0.6) is 11.5 Å². The van der Waals surface area contributed by atoms with Crippen LogP contribution in [0.4, 0.5) is 0 Å². The lowest BCUT2D eigenvalue weighted by Crippen LogP contribution is -2.27. The van der Waals surface area contributed by atoms with Gasteiger partial charge in [0.05, 0.1) is 13.2 Å². The van der Waals surface area contributed by atoms with Crippen LogP contribution in [-0.4, -0.2) is 43.3 Å². The number of carboxylic acids is 1. The van der Waals surface area contributed by atoms with Crippen LogP contribution in [0.1, 0.15) is 25.5 Å². The zero-order valence-corrected chi connectivity index (χ0v) is 11.8. The maximum Gasteiger partial charge on any atom is 0.325 e. The molecule has 1 atom stereocenters. The van der Waals surface area contributed by atoms with Crippen molar-refractivity contribution in [3.8, 4) is 11.5 Å². The van der Waals surface area contributed by atoms with Crippen LogP contribution in [0, 0.1) is 0 Å². The highest BCUT2D eigenvalue weighted by Crippen LogP contribution is 2.32. The monoisotopic (exact) mass is 267 g/mol. The molecular formula is C14H21NO4. The van der Waals surface area contributed by atoms with Gasteiger partial charge in [-0.05, 0) is 45.6 Å². The van der Waals surface area contributed by atoms with Gasteiger partial charge in [-0.1, -0.05) is 6.07 Å². The Labute approximate surface area is 113 Å². The molecule has 0 aliphatic carbocycles. The first-order valence-corrected chi connectivity index (χ1v) is 6.30. The van der Waals surface area contributed by atoms with Gasteiger partial charge in [-0.3, -0.25) is 9.69 Å². The number of likely N-dealkylation sites (N-methyl/N-ethyl adjacent to an activating group) is 1. The van der Waals surface area contributed by atoms with Gasteiger partial charge < -0.3 is 14.6 Å². The molecule has 0 saturated carbocycles. The van der Waals surface area contributed by atoms with Crippen molar-refractivity contribution in [2.75, 3.05) is 27.3 Å². The van der Waals surface area contributed by atoms with Crippen LogP contribution in [0.3, 0.4) is 0 Å². The molecule has 106 valence electrons. The SMILES string of the molecule is CCOc1ccc(C(C(=O)O)N(C)C)cc1OCC. The summed E-state index contributed by atoms with van der Waals surface area (Å²) in [5.74, 6) is 0.322. The van der Waals surface area contributed by atoms with Gasteiger partial charge in [-0.15, -0.1) is 0 Å². The summed E-state index contributed by atoms with van der Waals surface area (Å²) in [6, 6.07) is 4.54. The molecule has 5 heteroatoms. The predicted octanol–water partition coefficient (Wildman–Crippen LogP) is 2.17. The Bertz CT molecular complexity index is 431. The lowest BCUT2D eigenvalue weighted by Gasteiger charge is -2.21. The number of carboxylic acid groups (broad SMARTS) is 1. The number of rotatable bonds is 7. The van der Waals surface area contributed by atoms with Crippen LogP contribution in [0.2, 0.25) is 0 Å². The van der Waals surface area contributed by atoms with Crippen molar-refractivity contribution in [1.29, 1.82) is 0 Å². The Morgan fingerprint density at radius 3 is 2.26 bits per heavy atom. The standard InChI is InChI=1S/C14H21NO4/c1-5-18-11-8-7-10(9-12(11)19-6-2)13(14(16)17)15(3)4/h7-9,13H,5-6H2,1-4H3,(H,16,17). The highest BCUT2D eigenvalue weighted by atomic mass is 16.5. The van der Waals surface area contributed by atoms with E-state index in [1.165, 1.54) is 0 Å². The molecule has 1 aromatic carbocycles. The number of nitrogens with zero attached hydrogens (tertiary/aromatic N) is 1. The van der Waals surface area contributed by atoms with Gasteiger partial charge in [0.1, 0.15) is 6.04 Å². The largest absolute Gasteiger partial charge is 0.490 e. The van der Waals surface area contributed by atoms with Gasteiger partial charge in [0, 0.05) is 0 Å². The number of carbonyl (C=O) groups is 1. The molecule has 0 radical (unpaired) electrons. The summed E-state index contributed by atoms with van der Waals surface area (Å²) < 4.78 is 11.0. The lowest BCUT2D eigenvalue weighted by molar-refractivity contribution is -0.142. The average molecular weight is 267 g/mol. The van der Waals surface area contributed by atoms with Crippen LogP contribution < -0.4 is 9.47 Å². The van der Waals surface area contributed by atoms with E-state index >= 15 is 0 Å². The van der Waals surface area contributed by atoms with E-state index in [1.54, 1.807) is 37.2 Å². The fourth-order valence-corrected chi connectivity index (χ4v) is 1.90. The van der Waals surface area contributed by atoms with Gasteiger partial charge >= 0.3 is 5.97 Å². The van der Waals surface area contributed by atoms with Crippen LogP contribution in [0.15, 0.2) is 18.2 Å². The Kier molecular flexibility index (Phi) is 5.63. The zero-order chi connectivity index (χ0) is 14.4. The molecule has 0 aromatic heterocycles. The highest BCUT2D eigenvalue weighted by molar-refractivity contribution is 5.76. The molecule has 1 rings (SSSR count). The summed E-state index contributed by atoms with van der Waals surface area (Å²) in [5, 5.41) is 9.28. The number of benzene rings is 1. The maximum absolute atomic E-state index is 11.3. The molecule has 0 amide bonds. The molecule has 0 bridgehead atoms. The fraction of sp³-hybridized carbons (Fsp3) is 0.500. The third kappa shape index (κ3) is 3.86. The third-order valence-corrected chi connectivity index (χ3v) is 2.63. The predicted molar refractivity (Wildman–Crippen MR) is 72.8 cm³/mol. The van der Waals surface area contributed by atoms with Crippen molar-refractivity contribution in [3.05, 3.63) is 23.8 Å². The van der Waals surface area contributed by atoms with Crippen molar-refractivity contribution in [3.63, 3.8) is 0 Å². The number of ether oxygens (including phenoxy) is 2. The Morgan fingerprint density at radius 2 is 1.79 bits per heavy atom. The fourth-order valence-electron chi connectivity index (χ4n) is 1.90. The quantitative estimate of drug-likeness (QED) is 0.820. The van der Waals surface area contributed by atoms with E-state index in [0.29, 0.717) is 30.3 Å². The molecule has 0 spiro atoms. The number of hydrogen-bond donors (Lipinski definition) is 1. The summed E-state index contributed by atoms with van der Waals surface area (Å²) in [5.41, 5.74) is 0.671. The van der Waals surface area contributed by atoms with Crippen LogP contribution >= 0.6 is 0 Å². The molecule has 1 unspecified atom stereocenters. The Balaban J connectivity index is 3.15. The van der Waals surface area contributed by atoms with Crippen LogP contribution in [-0.2, 0) is 4.79 Å². The summed E-state index contributed by atoms with van der Waals surface area (Å²) in [6.45, 7) is 4.81. The summed E-state index contributed by atoms with van der Waals surface area (Å²) in [7, 11) is 3.46. The van der Waals surface area contributed by atoms with Crippen molar-refractivity contribution >= 4 is 5.97 Å². The molecule has 0 aliphatic rings. The molecule has 0 aliphatic heterocycles. The molecule has 1 aromatic rings. The van der Waals surface area contributed by atoms with E-state index in [4.69, 9.17) is 9.47 Å². The van der Waals surface area contributed by atoms with Crippen LogP contribution in [0.25, 0.3) is 0 Å². The Morgan fingerprint density at radius 1 is 1.21 bits per heavy atom. The van der Waals surface area contributed by atoms with E-state index in [2.05, 4.69) is 0 Å². The molecule has 19 heavy (non-hydrogen) atoms. The second kappa shape index (κ2) is 6.99. The first-order chi connectivity index (χ1) is 9.01. The molecule has 5 nitrogen and oxygen atoms in total. The topological polar surface area (TPSA) is 59.0 Å². The van der Waals surface area contributed by atoms with Gasteiger partial charge in [0.2, 0.25) is 0 Å². The van der Waals surface area contributed by atoms with E-state index in [9.17, 15) is 9.90 Å². The minimum atomic E-state index is -0.892. The molecule has 0 saturated heterocycles. The van der Waals surface area contributed by atoms with Gasteiger partial charge in [-0.25, -0.2) is 0 Å². The first kappa shape index (κ1) is 15.3. The van der Waals surface area contributed by atoms with Gasteiger partial charge in [0.25, 0.3) is 0 Å². The average Bonchev–Trinajstić information content (AvgIpc) is 2.32. The smallest absolute Gasteiger partial charge is 0.325 e. The first-order valence-electron chi connectivity index (χ1n) is 6.30. The summed E-state index contributed by atoms with van der Waals surface area (Å²) in [4.78, 5) is 13.0. The second-order valence-electron chi connectivity index (χ2n) is 4.28. The van der Waals surface area contributed by atoms with Crippen molar-refractivity contribution in [2.45, 2.75) is 19.9 Å². The van der Waals surface area contributed by atoms with Crippen molar-refractivity contribution < 1.29 is 19.4 Å². The van der Waals surface area contributed by atoms with E-state index in [0.717, 1.165) is 0 Å². The number of aliphatic carboxylic acids is 1. The zero-order valence-electron chi connectivity index (χ0n) is 11.8. The van der Waals surface area contributed by atoms with E-state index in [1.807, 2.05) is 13.8 Å². The van der Waals surface area contributed by atoms with Gasteiger partial charge in [-0.2, -0.15) is 0 Å². The molecule has 0 heterocycles. The second-order valence-corrected chi connectivity index (χ2v) is 4.28. The lowest BCUT2D eigenvalue weighted by atomic mass is 10.1. The molecular weight excluding hydrogens is 246 g/mol. The molecule has 0 fully saturated rings. The Hall–Kier alpha value is -1.75.